The lowest BCUT2D eigenvalue weighted by molar-refractivity contribution is 0.462. The largest absolute Gasteiger partial charge is 0.508 e. The van der Waals surface area contributed by atoms with Gasteiger partial charge in [-0.15, -0.1) is 0 Å². The van der Waals surface area contributed by atoms with Crippen LogP contribution in [0.5, 0.6) is 17.2 Å². The molecule has 0 aliphatic heterocycles. The van der Waals surface area contributed by atoms with E-state index in [0.29, 0.717) is 0 Å². The fraction of sp³-hybridized carbons (Fsp3) is 0.0588. The fourth-order valence-electron chi connectivity index (χ4n) is 2.10. The van der Waals surface area contributed by atoms with Crippen LogP contribution in [-0.2, 0) is 0 Å². The maximum absolute atomic E-state index is 9.53. The minimum atomic E-state index is 0.283. The standard InChI is InChI=1S/C17H14O2/c1-12-11-14(9-10-16(12)18)19-17-8-4-6-13-5-2-3-7-15(13)17/h2-11,18H,1H3. The third-order valence-electron chi connectivity index (χ3n) is 3.15. The number of rotatable bonds is 2. The Morgan fingerprint density at radius 1 is 0.895 bits per heavy atom. The van der Waals surface area contributed by atoms with Crippen molar-refractivity contribution in [1.29, 1.82) is 0 Å². The van der Waals surface area contributed by atoms with Crippen molar-refractivity contribution in [3.8, 4) is 17.2 Å². The number of benzene rings is 3. The predicted molar refractivity (Wildman–Crippen MR) is 76.9 cm³/mol. The van der Waals surface area contributed by atoms with Crippen LogP contribution in [0, 0.1) is 6.92 Å². The molecule has 0 aromatic heterocycles. The molecular formula is C17H14O2. The Labute approximate surface area is 111 Å². The highest BCUT2D eigenvalue weighted by Gasteiger charge is 2.04. The lowest BCUT2D eigenvalue weighted by Crippen LogP contribution is -1.86. The Hall–Kier alpha value is -2.48. The van der Waals surface area contributed by atoms with Gasteiger partial charge in [0.05, 0.1) is 0 Å². The highest BCUT2D eigenvalue weighted by molar-refractivity contribution is 5.88. The summed E-state index contributed by atoms with van der Waals surface area (Å²) < 4.78 is 5.92. The Morgan fingerprint density at radius 3 is 2.53 bits per heavy atom. The third-order valence-corrected chi connectivity index (χ3v) is 3.15. The van der Waals surface area contributed by atoms with Crippen LogP contribution < -0.4 is 4.74 Å². The molecule has 0 radical (unpaired) electrons. The van der Waals surface area contributed by atoms with Gasteiger partial charge in [-0.3, -0.25) is 0 Å². The fourth-order valence-corrected chi connectivity index (χ4v) is 2.10. The van der Waals surface area contributed by atoms with Crippen molar-refractivity contribution < 1.29 is 9.84 Å². The van der Waals surface area contributed by atoms with E-state index in [1.54, 1.807) is 12.1 Å². The van der Waals surface area contributed by atoms with Crippen LogP contribution >= 0.6 is 0 Å². The number of phenols is 1. The Bertz CT molecular complexity index is 727. The zero-order chi connectivity index (χ0) is 13.2. The zero-order valence-electron chi connectivity index (χ0n) is 10.6. The first-order valence-corrected chi connectivity index (χ1v) is 6.19. The van der Waals surface area contributed by atoms with Gasteiger partial charge in [-0.25, -0.2) is 0 Å². The van der Waals surface area contributed by atoms with Crippen molar-refractivity contribution >= 4 is 10.8 Å². The average Bonchev–Trinajstić information content (AvgIpc) is 2.43. The van der Waals surface area contributed by atoms with Gasteiger partial charge in [-0.1, -0.05) is 36.4 Å². The molecule has 2 nitrogen and oxygen atoms in total. The van der Waals surface area contributed by atoms with Crippen molar-refractivity contribution in [1.82, 2.24) is 0 Å². The second-order valence-electron chi connectivity index (χ2n) is 4.53. The summed E-state index contributed by atoms with van der Waals surface area (Å²) in [4.78, 5) is 0. The molecule has 0 saturated heterocycles. The minimum Gasteiger partial charge on any atom is -0.508 e. The summed E-state index contributed by atoms with van der Waals surface area (Å²) >= 11 is 0. The summed E-state index contributed by atoms with van der Waals surface area (Å²) in [6, 6.07) is 19.3. The van der Waals surface area contributed by atoms with Crippen molar-refractivity contribution in [2.45, 2.75) is 6.92 Å². The van der Waals surface area contributed by atoms with Gasteiger partial charge in [0.15, 0.2) is 0 Å². The Kier molecular flexibility index (Phi) is 2.84. The molecule has 3 aromatic rings. The predicted octanol–water partition coefficient (Wildman–Crippen LogP) is 4.65. The van der Waals surface area contributed by atoms with E-state index in [1.807, 2.05) is 43.3 Å². The van der Waals surface area contributed by atoms with Gasteiger partial charge in [-0.05, 0) is 42.1 Å². The van der Waals surface area contributed by atoms with Gasteiger partial charge in [0.1, 0.15) is 17.2 Å². The number of phenolic OH excluding ortho intramolecular Hbond substituents is 1. The molecular weight excluding hydrogens is 236 g/mol. The number of aryl methyl sites for hydroxylation is 1. The SMILES string of the molecule is Cc1cc(Oc2cccc3ccccc23)ccc1O. The van der Waals surface area contributed by atoms with Gasteiger partial charge >= 0.3 is 0 Å². The number of ether oxygens (including phenoxy) is 1. The topological polar surface area (TPSA) is 29.5 Å². The molecule has 0 aliphatic carbocycles. The Morgan fingerprint density at radius 2 is 1.68 bits per heavy atom. The van der Waals surface area contributed by atoms with Crippen LogP contribution in [-0.4, -0.2) is 5.11 Å². The molecule has 0 bridgehead atoms. The second kappa shape index (κ2) is 4.65. The van der Waals surface area contributed by atoms with E-state index < -0.39 is 0 Å². The monoisotopic (exact) mass is 250 g/mol. The molecule has 19 heavy (non-hydrogen) atoms. The first kappa shape index (κ1) is 11.6. The minimum absolute atomic E-state index is 0.283. The summed E-state index contributed by atoms with van der Waals surface area (Å²) in [6.45, 7) is 1.85. The molecule has 94 valence electrons. The van der Waals surface area contributed by atoms with Gasteiger partial charge in [0.25, 0.3) is 0 Å². The number of aromatic hydroxyl groups is 1. The molecule has 0 saturated carbocycles. The quantitative estimate of drug-likeness (QED) is 0.717. The summed E-state index contributed by atoms with van der Waals surface area (Å²) in [5.41, 5.74) is 0.803. The highest BCUT2D eigenvalue weighted by Crippen LogP contribution is 2.31. The molecule has 0 unspecified atom stereocenters. The molecule has 0 amide bonds. The maximum atomic E-state index is 9.53. The third kappa shape index (κ3) is 2.25. The number of hydrogen-bond donors (Lipinski definition) is 1. The van der Waals surface area contributed by atoms with Crippen molar-refractivity contribution in [3.63, 3.8) is 0 Å². The van der Waals surface area contributed by atoms with Gasteiger partial charge in [0.2, 0.25) is 0 Å². The summed E-state index contributed by atoms with van der Waals surface area (Å²) in [5.74, 6) is 1.83. The summed E-state index contributed by atoms with van der Waals surface area (Å²) in [6.07, 6.45) is 0. The number of fused-ring (bicyclic) bond motifs is 1. The molecule has 0 atom stereocenters. The molecule has 2 heteroatoms. The van der Waals surface area contributed by atoms with Crippen molar-refractivity contribution in [2.24, 2.45) is 0 Å². The summed E-state index contributed by atoms with van der Waals surface area (Å²) in [7, 11) is 0. The van der Waals surface area contributed by atoms with Crippen LogP contribution in [0.2, 0.25) is 0 Å². The van der Waals surface area contributed by atoms with Crippen LogP contribution in [0.1, 0.15) is 5.56 Å². The molecule has 0 spiro atoms. The maximum Gasteiger partial charge on any atom is 0.135 e. The zero-order valence-corrected chi connectivity index (χ0v) is 10.6. The Balaban J connectivity index is 2.03. The molecule has 0 heterocycles. The lowest BCUT2D eigenvalue weighted by Gasteiger charge is -2.10. The van der Waals surface area contributed by atoms with E-state index in [4.69, 9.17) is 4.74 Å². The molecule has 3 aromatic carbocycles. The first-order chi connectivity index (χ1) is 9.24. The van der Waals surface area contributed by atoms with E-state index in [1.165, 1.54) is 0 Å². The molecule has 0 aliphatic rings. The lowest BCUT2D eigenvalue weighted by atomic mass is 10.1. The van der Waals surface area contributed by atoms with E-state index in [0.717, 1.165) is 27.8 Å². The van der Waals surface area contributed by atoms with Gasteiger partial charge in [0, 0.05) is 5.39 Å². The molecule has 1 N–H and O–H groups in total. The molecule has 0 fully saturated rings. The normalized spacial score (nSPS) is 10.6. The second-order valence-corrected chi connectivity index (χ2v) is 4.53. The smallest absolute Gasteiger partial charge is 0.135 e. The average molecular weight is 250 g/mol. The van der Waals surface area contributed by atoms with Crippen molar-refractivity contribution in [2.75, 3.05) is 0 Å². The van der Waals surface area contributed by atoms with E-state index in [-0.39, 0.29) is 5.75 Å². The van der Waals surface area contributed by atoms with Crippen LogP contribution in [0.25, 0.3) is 10.8 Å². The van der Waals surface area contributed by atoms with Crippen LogP contribution in [0.4, 0.5) is 0 Å². The van der Waals surface area contributed by atoms with Gasteiger partial charge in [-0.2, -0.15) is 0 Å². The first-order valence-electron chi connectivity index (χ1n) is 6.19. The van der Waals surface area contributed by atoms with E-state index in [9.17, 15) is 5.11 Å². The van der Waals surface area contributed by atoms with Crippen LogP contribution in [0.15, 0.2) is 60.7 Å². The molecule has 3 rings (SSSR count). The van der Waals surface area contributed by atoms with Gasteiger partial charge < -0.3 is 9.84 Å². The summed E-state index contributed by atoms with van der Waals surface area (Å²) in [5, 5.41) is 11.8. The van der Waals surface area contributed by atoms with Crippen LogP contribution in [0.3, 0.4) is 0 Å². The number of hydrogen-bond acceptors (Lipinski definition) is 2. The van der Waals surface area contributed by atoms with Crippen molar-refractivity contribution in [3.05, 3.63) is 66.2 Å². The highest BCUT2D eigenvalue weighted by atomic mass is 16.5. The van der Waals surface area contributed by atoms with E-state index in [2.05, 4.69) is 12.1 Å². The van der Waals surface area contributed by atoms with E-state index >= 15 is 0 Å².